The van der Waals surface area contributed by atoms with Gasteiger partial charge in [0.15, 0.2) is 0 Å². The number of rotatable bonds is 4. The third-order valence-corrected chi connectivity index (χ3v) is 2.20. The Labute approximate surface area is 88.8 Å². The Kier molecular flexibility index (Phi) is 3.97. The van der Waals surface area contributed by atoms with Crippen LogP contribution in [0.25, 0.3) is 0 Å². The van der Waals surface area contributed by atoms with E-state index in [1.165, 1.54) is 6.92 Å². The van der Waals surface area contributed by atoms with E-state index in [4.69, 9.17) is 0 Å². The molecule has 0 fully saturated rings. The lowest BCUT2D eigenvalue weighted by atomic mass is 10.1. The highest BCUT2D eigenvalue weighted by Gasteiger charge is 2.17. The molecule has 0 aromatic heterocycles. The fourth-order valence-electron chi connectivity index (χ4n) is 1.49. The van der Waals surface area contributed by atoms with E-state index in [0.29, 0.717) is 6.42 Å². The number of hydrogen-bond acceptors (Lipinski definition) is 3. The molecule has 1 aromatic carbocycles. The molecule has 0 saturated heterocycles. The minimum Gasteiger partial charge on any atom is -0.273 e. The minimum atomic E-state index is -0.326. The molecule has 0 bridgehead atoms. The molecule has 4 heteroatoms. The number of carbonyl (C=O) groups is 1. The molecular weight excluding hydrogens is 192 g/mol. The van der Waals surface area contributed by atoms with Crippen LogP contribution in [0, 0.1) is 4.91 Å². The van der Waals surface area contributed by atoms with Gasteiger partial charge in [-0.1, -0.05) is 30.3 Å². The van der Waals surface area contributed by atoms with Gasteiger partial charge in [0, 0.05) is 6.92 Å². The van der Waals surface area contributed by atoms with Crippen molar-refractivity contribution in [1.82, 2.24) is 5.01 Å². The van der Waals surface area contributed by atoms with Crippen LogP contribution in [0.4, 0.5) is 0 Å². The smallest absolute Gasteiger partial charge is 0.242 e. The standard InChI is InChI=1S/C11H14N2O2/c1-9(13(12-15)10(2)14)8-11-6-4-3-5-7-11/h3-7,9H,8H2,1-2H3. The number of nitrogens with zero attached hydrogens (tertiary/aromatic N) is 2. The Balaban J connectivity index is 2.66. The molecule has 1 rings (SSSR count). The molecule has 4 nitrogen and oxygen atoms in total. The molecule has 1 amide bonds. The van der Waals surface area contributed by atoms with Gasteiger partial charge in [-0.3, -0.25) is 4.79 Å². The van der Waals surface area contributed by atoms with Crippen LogP contribution in [0.1, 0.15) is 19.4 Å². The number of hydrogen-bond donors (Lipinski definition) is 0. The van der Waals surface area contributed by atoms with Gasteiger partial charge in [0.25, 0.3) is 0 Å². The topological polar surface area (TPSA) is 49.7 Å². The summed E-state index contributed by atoms with van der Waals surface area (Å²) in [6.45, 7) is 3.14. The van der Waals surface area contributed by atoms with Gasteiger partial charge in [0.05, 0.1) is 11.3 Å². The summed E-state index contributed by atoms with van der Waals surface area (Å²) in [6.07, 6.45) is 0.631. The maximum atomic E-state index is 11.0. The summed E-state index contributed by atoms with van der Waals surface area (Å²) < 4.78 is 0. The predicted molar refractivity (Wildman–Crippen MR) is 57.9 cm³/mol. The third-order valence-electron chi connectivity index (χ3n) is 2.20. The molecule has 0 N–H and O–H groups in total. The summed E-state index contributed by atoms with van der Waals surface area (Å²) in [7, 11) is 0. The van der Waals surface area contributed by atoms with Crippen molar-refractivity contribution in [2.24, 2.45) is 5.29 Å². The molecule has 0 aliphatic carbocycles. The fraction of sp³-hybridized carbons (Fsp3) is 0.364. The molecule has 0 spiro atoms. The Hall–Kier alpha value is -1.71. The van der Waals surface area contributed by atoms with E-state index in [0.717, 1.165) is 10.6 Å². The van der Waals surface area contributed by atoms with Crippen LogP contribution in [0.15, 0.2) is 35.6 Å². The molecule has 1 atom stereocenters. The molecule has 1 aromatic rings. The van der Waals surface area contributed by atoms with E-state index in [2.05, 4.69) is 5.29 Å². The summed E-state index contributed by atoms with van der Waals surface area (Å²) in [5.41, 5.74) is 1.08. The highest BCUT2D eigenvalue weighted by Crippen LogP contribution is 2.09. The van der Waals surface area contributed by atoms with Crippen molar-refractivity contribution in [3.8, 4) is 0 Å². The Morgan fingerprint density at radius 3 is 2.47 bits per heavy atom. The first-order chi connectivity index (χ1) is 7.15. The Morgan fingerprint density at radius 1 is 1.40 bits per heavy atom. The van der Waals surface area contributed by atoms with Crippen LogP contribution in [-0.2, 0) is 11.2 Å². The van der Waals surface area contributed by atoms with Gasteiger partial charge in [0.2, 0.25) is 5.91 Å². The van der Waals surface area contributed by atoms with Gasteiger partial charge in [0.1, 0.15) is 0 Å². The molecular formula is C11H14N2O2. The van der Waals surface area contributed by atoms with E-state index in [9.17, 15) is 9.70 Å². The van der Waals surface area contributed by atoms with Crippen LogP contribution < -0.4 is 0 Å². The van der Waals surface area contributed by atoms with Crippen molar-refractivity contribution in [2.75, 3.05) is 0 Å². The van der Waals surface area contributed by atoms with E-state index in [-0.39, 0.29) is 11.9 Å². The predicted octanol–water partition coefficient (Wildman–Crippen LogP) is 2.15. The zero-order valence-electron chi connectivity index (χ0n) is 8.88. The van der Waals surface area contributed by atoms with Crippen LogP contribution in [0.3, 0.4) is 0 Å². The maximum absolute atomic E-state index is 11.0. The molecule has 0 radical (unpaired) electrons. The molecule has 0 aliphatic rings. The normalized spacial score (nSPS) is 11.9. The van der Waals surface area contributed by atoms with Crippen molar-refractivity contribution in [1.29, 1.82) is 0 Å². The second-order valence-electron chi connectivity index (χ2n) is 3.48. The number of carbonyl (C=O) groups excluding carboxylic acids is 1. The number of benzene rings is 1. The van der Waals surface area contributed by atoms with E-state index < -0.39 is 0 Å². The second kappa shape index (κ2) is 5.24. The second-order valence-corrected chi connectivity index (χ2v) is 3.48. The third kappa shape index (κ3) is 3.16. The largest absolute Gasteiger partial charge is 0.273 e. The van der Waals surface area contributed by atoms with Crippen LogP contribution >= 0.6 is 0 Å². The maximum Gasteiger partial charge on any atom is 0.242 e. The average Bonchev–Trinajstić information content (AvgIpc) is 2.19. The van der Waals surface area contributed by atoms with Crippen LogP contribution in [0.2, 0.25) is 0 Å². The molecule has 15 heavy (non-hydrogen) atoms. The Morgan fingerprint density at radius 2 is 2.00 bits per heavy atom. The van der Waals surface area contributed by atoms with E-state index in [1.807, 2.05) is 30.3 Å². The fourth-order valence-corrected chi connectivity index (χ4v) is 1.49. The molecule has 0 saturated carbocycles. The van der Waals surface area contributed by atoms with Crippen molar-refractivity contribution in [3.63, 3.8) is 0 Å². The van der Waals surface area contributed by atoms with Crippen molar-refractivity contribution in [2.45, 2.75) is 26.3 Å². The van der Waals surface area contributed by atoms with Crippen LogP contribution in [0.5, 0.6) is 0 Å². The lowest BCUT2D eigenvalue weighted by molar-refractivity contribution is -0.130. The van der Waals surface area contributed by atoms with Gasteiger partial charge in [-0.15, -0.1) is 4.91 Å². The lowest BCUT2D eigenvalue weighted by Crippen LogP contribution is -2.33. The van der Waals surface area contributed by atoms with Gasteiger partial charge in [-0.05, 0) is 18.9 Å². The highest BCUT2D eigenvalue weighted by molar-refractivity contribution is 5.73. The summed E-state index contributed by atoms with van der Waals surface area (Å²) >= 11 is 0. The first-order valence-electron chi connectivity index (χ1n) is 4.82. The first kappa shape index (κ1) is 11.4. The molecule has 0 heterocycles. The average molecular weight is 206 g/mol. The quantitative estimate of drug-likeness (QED) is 0.559. The van der Waals surface area contributed by atoms with Crippen molar-refractivity contribution >= 4 is 5.91 Å². The monoisotopic (exact) mass is 206 g/mol. The van der Waals surface area contributed by atoms with Gasteiger partial charge < -0.3 is 0 Å². The summed E-state index contributed by atoms with van der Waals surface area (Å²) in [5.74, 6) is -0.326. The molecule has 1 unspecified atom stereocenters. The summed E-state index contributed by atoms with van der Waals surface area (Å²) in [6, 6.07) is 9.49. The SMILES string of the molecule is CC(=O)N(N=O)C(C)Cc1ccccc1. The van der Waals surface area contributed by atoms with Gasteiger partial charge >= 0.3 is 0 Å². The van der Waals surface area contributed by atoms with Crippen molar-refractivity contribution < 1.29 is 4.79 Å². The lowest BCUT2D eigenvalue weighted by Gasteiger charge is -2.19. The highest BCUT2D eigenvalue weighted by atomic mass is 16.3. The van der Waals surface area contributed by atoms with Gasteiger partial charge in [-0.2, -0.15) is 5.01 Å². The number of amides is 1. The van der Waals surface area contributed by atoms with Crippen molar-refractivity contribution in [3.05, 3.63) is 40.8 Å². The molecule has 80 valence electrons. The van der Waals surface area contributed by atoms with E-state index in [1.54, 1.807) is 6.92 Å². The van der Waals surface area contributed by atoms with E-state index >= 15 is 0 Å². The zero-order chi connectivity index (χ0) is 11.3. The first-order valence-corrected chi connectivity index (χ1v) is 4.82. The summed E-state index contributed by atoms with van der Waals surface area (Å²) in [4.78, 5) is 21.5. The minimum absolute atomic E-state index is 0.206. The van der Waals surface area contributed by atoms with Crippen LogP contribution in [-0.4, -0.2) is 17.0 Å². The zero-order valence-corrected chi connectivity index (χ0v) is 8.88. The van der Waals surface area contributed by atoms with Gasteiger partial charge in [-0.25, -0.2) is 0 Å². The Bertz CT molecular complexity index is 338. The molecule has 0 aliphatic heterocycles. The summed E-state index contributed by atoms with van der Waals surface area (Å²) in [5, 5.41) is 3.68. The number of nitroso groups, excluding NO2 is 1.